The second-order valence-corrected chi connectivity index (χ2v) is 5.09. The fraction of sp³-hybridized carbons (Fsp3) is 0.375. The summed E-state index contributed by atoms with van der Waals surface area (Å²) in [5, 5.41) is 6.07. The molecule has 1 amide bonds. The predicted molar refractivity (Wildman–Crippen MR) is 81.1 cm³/mol. The standard InChI is InChI=1S/C16H20N2O3/c1-3-6-17-13(10-16(20)21-2)8-11-4-5-14-12(7-11)9-15(19)18-14/h3-5,7,13,17H,1,6,8-10H2,2H3,(H,18,19). The van der Waals surface area contributed by atoms with Gasteiger partial charge in [-0.3, -0.25) is 9.59 Å². The number of fused-ring (bicyclic) bond motifs is 1. The monoisotopic (exact) mass is 288 g/mol. The second kappa shape index (κ2) is 7.04. The molecule has 1 heterocycles. The first-order chi connectivity index (χ1) is 10.1. The van der Waals surface area contributed by atoms with Crippen LogP contribution in [0.15, 0.2) is 30.9 Å². The molecule has 0 radical (unpaired) electrons. The van der Waals surface area contributed by atoms with E-state index < -0.39 is 0 Å². The second-order valence-electron chi connectivity index (χ2n) is 5.09. The number of hydrogen-bond acceptors (Lipinski definition) is 4. The van der Waals surface area contributed by atoms with E-state index >= 15 is 0 Å². The topological polar surface area (TPSA) is 67.4 Å². The zero-order chi connectivity index (χ0) is 15.2. The Balaban J connectivity index is 2.05. The molecule has 0 bridgehead atoms. The molecule has 1 aliphatic heterocycles. The number of ether oxygens (including phenoxy) is 1. The van der Waals surface area contributed by atoms with Crippen molar-refractivity contribution >= 4 is 17.6 Å². The summed E-state index contributed by atoms with van der Waals surface area (Å²) < 4.78 is 4.73. The number of anilines is 1. The maximum Gasteiger partial charge on any atom is 0.307 e. The maximum absolute atomic E-state index is 11.5. The minimum atomic E-state index is -0.241. The van der Waals surface area contributed by atoms with Gasteiger partial charge in [0.05, 0.1) is 20.0 Å². The molecular weight excluding hydrogens is 268 g/mol. The molecule has 1 unspecified atom stereocenters. The van der Waals surface area contributed by atoms with Crippen molar-refractivity contribution in [3.05, 3.63) is 42.0 Å². The fourth-order valence-electron chi connectivity index (χ4n) is 2.45. The average Bonchev–Trinajstić information content (AvgIpc) is 2.83. The summed E-state index contributed by atoms with van der Waals surface area (Å²) in [6, 6.07) is 5.90. The molecule has 5 heteroatoms. The van der Waals surface area contributed by atoms with Gasteiger partial charge in [0, 0.05) is 18.3 Å². The van der Waals surface area contributed by atoms with Crippen molar-refractivity contribution in [1.82, 2.24) is 5.32 Å². The van der Waals surface area contributed by atoms with E-state index in [4.69, 9.17) is 4.74 Å². The highest BCUT2D eigenvalue weighted by Gasteiger charge is 2.19. The zero-order valence-electron chi connectivity index (χ0n) is 12.1. The third kappa shape index (κ3) is 4.16. The van der Waals surface area contributed by atoms with Crippen molar-refractivity contribution in [1.29, 1.82) is 0 Å². The molecule has 21 heavy (non-hydrogen) atoms. The van der Waals surface area contributed by atoms with Gasteiger partial charge in [0.15, 0.2) is 0 Å². The van der Waals surface area contributed by atoms with Crippen LogP contribution in [0.4, 0.5) is 5.69 Å². The number of hydrogen-bond donors (Lipinski definition) is 2. The normalized spacial score (nSPS) is 14.2. The van der Waals surface area contributed by atoms with Gasteiger partial charge in [0.25, 0.3) is 0 Å². The molecule has 0 spiro atoms. The van der Waals surface area contributed by atoms with Crippen LogP contribution < -0.4 is 10.6 Å². The minimum absolute atomic E-state index is 0.0152. The molecule has 2 rings (SSSR count). The molecule has 112 valence electrons. The summed E-state index contributed by atoms with van der Waals surface area (Å²) in [6.07, 6.45) is 3.18. The van der Waals surface area contributed by atoms with Gasteiger partial charge in [0.2, 0.25) is 5.91 Å². The molecule has 0 aromatic heterocycles. The van der Waals surface area contributed by atoms with E-state index in [1.54, 1.807) is 6.08 Å². The molecule has 1 aromatic carbocycles. The Bertz CT molecular complexity index is 554. The summed E-state index contributed by atoms with van der Waals surface area (Å²) in [5.41, 5.74) is 2.99. The molecule has 1 aromatic rings. The molecule has 0 aliphatic carbocycles. The van der Waals surface area contributed by atoms with Crippen molar-refractivity contribution < 1.29 is 14.3 Å². The van der Waals surface area contributed by atoms with Crippen LogP contribution in [-0.2, 0) is 27.2 Å². The Hall–Kier alpha value is -2.14. The van der Waals surface area contributed by atoms with E-state index in [9.17, 15) is 9.59 Å². The Morgan fingerprint density at radius 1 is 1.57 bits per heavy atom. The van der Waals surface area contributed by atoms with Gasteiger partial charge in [-0.15, -0.1) is 6.58 Å². The van der Waals surface area contributed by atoms with E-state index in [0.29, 0.717) is 25.8 Å². The minimum Gasteiger partial charge on any atom is -0.469 e. The number of methoxy groups -OCH3 is 1. The first kappa shape index (κ1) is 15.3. The van der Waals surface area contributed by atoms with Crippen LogP contribution in [0.3, 0.4) is 0 Å². The summed E-state index contributed by atoms with van der Waals surface area (Å²) in [7, 11) is 1.39. The predicted octanol–water partition coefficient (Wildman–Crippen LogP) is 1.43. The molecule has 2 N–H and O–H groups in total. The van der Waals surface area contributed by atoms with Crippen molar-refractivity contribution in [3.63, 3.8) is 0 Å². The third-order valence-electron chi connectivity index (χ3n) is 3.47. The Kier molecular flexibility index (Phi) is 5.11. The summed E-state index contributed by atoms with van der Waals surface area (Å²) in [5.74, 6) is -0.215. The first-order valence-corrected chi connectivity index (χ1v) is 6.95. The van der Waals surface area contributed by atoms with Crippen molar-refractivity contribution in [2.24, 2.45) is 0 Å². The van der Waals surface area contributed by atoms with Crippen LogP contribution in [0.2, 0.25) is 0 Å². The van der Waals surface area contributed by atoms with E-state index in [-0.39, 0.29) is 17.9 Å². The van der Waals surface area contributed by atoms with E-state index in [2.05, 4.69) is 17.2 Å². The van der Waals surface area contributed by atoms with E-state index in [1.165, 1.54) is 7.11 Å². The number of esters is 1. The number of amides is 1. The highest BCUT2D eigenvalue weighted by molar-refractivity contribution is 5.99. The molecule has 0 fully saturated rings. The zero-order valence-corrected chi connectivity index (χ0v) is 12.1. The molecular formula is C16H20N2O3. The number of benzene rings is 1. The van der Waals surface area contributed by atoms with Gasteiger partial charge in [-0.05, 0) is 23.6 Å². The SMILES string of the molecule is C=CCNC(CC(=O)OC)Cc1ccc2c(c1)CC(=O)N2. The van der Waals surface area contributed by atoms with E-state index in [1.807, 2.05) is 18.2 Å². The van der Waals surface area contributed by atoms with Gasteiger partial charge in [-0.1, -0.05) is 18.2 Å². The van der Waals surface area contributed by atoms with Crippen LogP contribution in [0.5, 0.6) is 0 Å². The average molecular weight is 288 g/mol. The lowest BCUT2D eigenvalue weighted by Gasteiger charge is -2.17. The first-order valence-electron chi connectivity index (χ1n) is 6.95. The highest BCUT2D eigenvalue weighted by Crippen LogP contribution is 2.24. The lowest BCUT2D eigenvalue weighted by molar-refractivity contribution is -0.141. The van der Waals surface area contributed by atoms with Crippen LogP contribution in [-0.4, -0.2) is 31.6 Å². The van der Waals surface area contributed by atoms with Crippen molar-refractivity contribution in [3.8, 4) is 0 Å². The lowest BCUT2D eigenvalue weighted by atomic mass is 10.00. The maximum atomic E-state index is 11.5. The van der Waals surface area contributed by atoms with Crippen LogP contribution in [0, 0.1) is 0 Å². The van der Waals surface area contributed by atoms with Gasteiger partial charge in [-0.25, -0.2) is 0 Å². The van der Waals surface area contributed by atoms with Gasteiger partial charge in [-0.2, -0.15) is 0 Å². The summed E-state index contributed by atoms with van der Waals surface area (Å²) >= 11 is 0. The Morgan fingerprint density at radius 2 is 2.38 bits per heavy atom. The number of nitrogens with one attached hydrogen (secondary N) is 2. The lowest BCUT2D eigenvalue weighted by Crippen LogP contribution is -2.33. The van der Waals surface area contributed by atoms with Crippen LogP contribution in [0.1, 0.15) is 17.5 Å². The third-order valence-corrected chi connectivity index (χ3v) is 3.47. The Morgan fingerprint density at radius 3 is 3.10 bits per heavy atom. The largest absolute Gasteiger partial charge is 0.469 e. The number of carbonyl (C=O) groups excluding carboxylic acids is 2. The van der Waals surface area contributed by atoms with Crippen LogP contribution in [0.25, 0.3) is 0 Å². The molecule has 1 atom stereocenters. The van der Waals surface area contributed by atoms with E-state index in [0.717, 1.165) is 16.8 Å². The molecule has 0 saturated heterocycles. The molecule has 5 nitrogen and oxygen atoms in total. The van der Waals surface area contributed by atoms with Crippen LogP contribution >= 0.6 is 0 Å². The van der Waals surface area contributed by atoms with Crippen molar-refractivity contribution in [2.45, 2.75) is 25.3 Å². The van der Waals surface area contributed by atoms with Crippen molar-refractivity contribution in [2.75, 3.05) is 19.0 Å². The number of rotatable bonds is 7. The van der Waals surface area contributed by atoms with Gasteiger partial charge < -0.3 is 15.4 Å². The molecule has 0 saturated carbocycles. The summed E-state index contributed by atoms with van der Waals surface area (Å²) in [4.78, 5) is 22.8. The quantitative estimate of drug-likeness (QED) is 0.588. The molecule has 1 aliphatic rings. The highest BCUT2D eigenvalue weighted by atomic mass is 16.5. The number of carbonyl (C=O) groups is 2. The Labute approximate surface area is 124 Å². The fourth-order valence-corrected chi connectivity index (χ4v) is 2.45. The summed E-state index contributed by atoms with van der Waals surface area (Å²) in [6.45, 7) is 4.30. The smallest absolute Gasteiger partial charge is 0.307 e. The van der Waals surface area contributed by atoms with Gasteiger partial charge in [0.1, 0.15) is 0 Å². The van der Waals surface area contributed by atoms with Gasteiger partial charge >= 0.3 is 5.97 Å².